The number of nitrogens with zero attached hydrogens (tertiary/aromatic N) is 4. The summed E-state index contributed by atoms with van der Waals surface area (Å²) in [6.45, 7) is 3.85. The van der Waals surface area contributed by atoms with Crippen molar-refractivity contribution in [1.82, 2.24) is 19.5 Å². The molecule has 1 saturated heterocycles. The van der Waals surface area contributed by atoms with Gasteiger partial charge >= 0.3 is 162 Å². The summed E-state index contributed by atoms with van der Waals surface area (Å²) in [7, 11) is 1.66. The number of amides is 1. The Labute approximate surface area is 162 Å². The van der Waals surface area contributed by atoms with Gasteiger partial charge in [-0.3, -0.25) is 0 Å². The van der Waals surface area contributed by atoms with Crippen LogP contribution in [0.3, 0.4) is 0 Å². The van der Waals surface area contributed by atoms with Crippen molar-refractivity contribution in [3.05, 3.63) is 46.7 Å². The van der Waals surface area contributed by atoms with Crippen LogP contribution >= 0.6 is 11.3 Å². The summed E-state index contributed by atoms with van der Waals surface area (Å²) >= 11 is 1.71. The predicted octanol–water partition coefficient (Wildman–Crippen LogP) is 1.80. The predicted molar refractivity (Wildman–Crippen MR) is 102 cm³/mol. The van der Waals surface area contributed by atoms with E-state index in [0.29, 0.717) is 13.2 Å². The average Bonchev–Trinajstić information content (AvgIpc) is 3.26. The molecule has 4 rings (SSSR count). The first-order valence-corrected chi connectivity index (χ1v) is 11.2. The second kappa shape index (κ2) is 7.48. The topological polar surface area (TPSA) is 59.7 Å². The number of fused-ring (bicyclic) bond motifs is 1. The summed E-state index contributed by atoms with van der Waals surface area (Å²) in [5.41, 5.74) is 1.94. The van der Waals surface area contributed by atoms with Crippen LogP contribution in [0.15, 0.2) is 30.3 Å². The van der Waals surface area contributed by atoms with E-state index in [0.717, 1.165) is 34.3 Å². The molecule has 0 N–H and O–H groups in total. The molecule has 136 valence electrons. The fourth-order valence-corrected chi connectivity index (χ4v) is 6.39. The van der Waals surface area contributed by atoms with E-state index in [1.165, 1.54) is 15.8 Å². The molecule has 8 heteroatoms. The zero-order chi connectivity index (χ0) is 18.1. The molecule has 1 unspecified atom stereocenters. The SMILES string of the molecule is COCc1nn2c(CN3CCC([Se]c4ccccc4)C3=O)c(C)nc2s1. The van der Waals surface area contributed by atoms with E-state index >= 15 is 0 Å². The molecule has 0 radical (unpaired) electrons. The number of imidazole rings is 1. The molecule has 0 saturated carbocycles. The van der Waals surface area contributed by atoms with Gasteiger partial charge in [-0.2, -0.15) is 0 Å². The number of carbonyl (C=O) groups is 1. The van der Waals surface area contributed by atoms with Gasteiger partial charge < -0.3 is 0 Å². The van der Waals surface area contributed by atoms with Gasteiger partial charge in [-0.1, -0.05) is 0 Å². The molecule has 3 aromatic rings. The molecule has 26 heavy (non-hydrogen) atoms. The summed E-state index contributed by atoms with van der Waals surface area (Å²) in [5, 5.41) is 5.49. The first kappa shape index (κ1) is 17.7. The van der Waals surface area contributed by atoms with Crippen molar-refractivity contribution in [1.29, 1.82) is 0 Å². The minimum absolute atomic E-state index is 0.133. The molecule has 1 amide bonds. The Kier molecular flexibility index (Phi) is 5.09. The van der Waals surface area contributed by atoms with Crippen molar-refractivity contribution >= 4 is 41.6 Å². The van der Waals surface area contributed by atoms with E-state index in [9.17, 15) is 4.79 Å². The number of benzene rings is 1. The molecule has 1 atom stereocenters. The fourth-order valence-electron chi connectivity index (χ4n) is 3.11. The molecular weight excluding hydrogens is 415 g/mol. The fraction of sp³-hybridized carbons (Fsp3) is 0.389. The van der Waals surface area contributed by atoms with Gasteiger partial charge in [0.2, 0.25) is 0 Å². The third kappa shape index (κ3) is 3.42. The van der Waals surface area contributed by atoms with E-state index < -0.39 is 0 Å². The average molecular weight is 435 g/mol. The van der Waals surface area contributed by atoms with Crippen molar-refractivity contribution in [2.75, 3.05) is 13.7 Å². The van der Waals surface area contributed by atoms with Crippen molar-refractivity contribution < 1.29 is 9.53 Å². The van der Waals surface area contributed by atoms with Crippen LogP contribution in [0, 0.1) is 6.92 Å². The Hall–Kier alpha value is -1.73. The second-order valence-corrected chi connectivity index (χ2v) is 9.95. The van der Waals surface area contributed by atoms with Crippen LogP contribution in [0.4, 0.5) is 0 Å². The Morgan fingerprint density at radius 2 is 2.15 bits per heavy atom. The third-order valence-corrected chi connectivity index (χ3v) is 7.96. The first-order valence-electron chi connectivity index (χ1n) is 8.49. The zero-order valence-corrected chi connectivity index (χ0v) is 17.2. The van der Waals surface area contributed by atoms with Gasteiger partial charge in [-0.25, -0.2) is 0 Å². The Morgan fingerprint density at radius 1 is 1.35 bits per heavy atom. The number of likely N-dealkylation sites (tertiary alicyclic amines) is 1. The van der Waals surface area contributed by atoms with Crippen molar-refractivity contribution in [2.24, 2.45) is 0 Å². The number of aryl methyl sites for hydroxylation is 1. The molecule has 1 aliphatic heterocycles. The molecule has 0 bridgehead atoms. The van der Waals surface area contributed by atoms with E-state index in [2.05, 4.69) is 22.2 Å². The van der Waals surface area contributed by atoms with Crippen LogP contribution < -0.4 is 4.46 Å². The summed E-state index contributed by atoms with van der Waals surface area (Å²) in [4.78, 5) is 20.4. The van der Waals surface area contributed by atoms with Crippen LogP contribution in [0.2, 0.25) is 4.82 Å². The third-order valence-electron chi connectivity index (χ3n) is 4.42. The Morgan fingerprint density at radius 3 is 2.92 bits per heavy atom. The zero-order valence-electron chi connectivity index (χ0n) is 14.7. The second-order valence-electron chi connectivity index (χ2n) is 6.24. The van der Waals surface area contributed by atoms with Crippen molar-refractivity contribution in [2.45, 2.75) is 31.3 Å². The Bertz CT molecular complexity index is 924. The minimum atomic E-state index is 0.133. The van der Waals surface area contributed by atoms with Crippen LogP contribution in [-0.4, -0.2) is 54.0 Å². The van der Waals surface area contributed by atoms with Gasteiger partial charge in [0, 0.05) is 0 Å². The van der Waals surface area contributed by atoms with E-state index in [1.54, 1.807) is 7.11 Å². The van der Waals surface area contributed by atoms with Gasteiger partial charge in [0.1, 0.15) is 0 Å². The van der Waals surface area contributed by atoms with Crippen molar-refractivity contribution in [3.8, 4) is 0 Å². The molecule has 0 spiro atoms. The van der Waals surface area contributed by atoms with E-state index in [-0.39, 0.29) is 25.7 Å². The summed E-state index contributed by atoms with van der Waals surface area (Å²) in [6.07, 6.45) is 0.931. The summed E-state index contributed by atoms with van der Waals surface area (Å²) in [5.74, 6) is 0.260. The maximum absolute atomic E-state index is 12.9. The number of methoxy groups -OCH3 is 1. The number of carbonyl (C=O) groups excluding carboxylic acids is 1. The molecular formula is C18H20N4O2SSe. The van der Waals surface area contributed by atoms with Gasteiger partial charge in [0.15, 0.2) is 0 Å². The number of ether oxygens (including phenoxy) is 1. The van der Waals surface area contributed by atoms with Crippen LogP contribution in [0.5, 0.6) is 0 Å². The summed E-state index contributed by atoms with van der Waals surface area (Å²) < 4.78 is 8.32. The monoisotopic (exact) mass is 436 g/mol. The van der Waals surface area contributed by atoms with Crippen molar-refractivity contribution in [3.63, 3.8) is 0 Å². The normalized spacial score (nSPS) is 17.5. The molecule has 1 fully saturated rings. The molecule has 3 heterocycles. The van der Waals surface area contributed by atoms with Crippen LogP contribution in [0.25, 0.3) is 4.96 Å². The molecule has 6 nitrogen and oxygen atoms in total. The standard InChI is InChI=1S/C18H20N4O2SSe/c1-12-14(22-18(19-12)25-16(20-22)11-24-2)10-21-9-8-15(17(21)23)26-13-6-4-3-5-7-13/h3-7,15H,8-11H2,1-2H3. The van der Waals surface area contributed by atoms with Gasteiger partial charge in [0.05, 0.1) is 0 Å². The first-order chi connectivity index (χ1) is 12.7. The van der Waals surface area contributed by atoms with Gasteiger partial charge in [-0.05, 0) is 0 Å². The number of hydrogen-bond donors (Lipinski definition) is 0. The Balaban J connectivity index is 1.50. The summed E-state index contributed by atoms with van der Waals surface area (Å²) in [6, 6.07) is 10.3. The van der Waals surface area contributed by atoms with E-state index in [1.807, 2.05) is 34.5 Å². The van der Waals surface area contributed by atoms with Gasteiger partial charge in [0.25, 0.3) is 0 Å². The van der Waals surface area contributed by atoms with Crippen LogP contribution in [0.1, 0.15) is 22.8 Å². The maximum atomic E-state index is 12.9. The molecule has 1 aromatic carbocycles. The molecule has 0 aliphatic carbocycles. The molecule has 1 aliphatic rings. The molecule has 2 aromatic heterocycles. The van der Waals surface area contributed by atoms with Gasteiger partial charge in [-0.15, -0.1) is 0 Å². The number of hydrogen-bond acceptors (Lipinski definition) is 5. The quantitative estimate of drug-likeness (QED) is 0.554. The number of rotatable bonds is 6. The van der Waals surface area contributed by atoms with E-state index in [4.69, 9.17) is 4.74 Å². The number of aromatic nitrogens is 3. The van der Waals surface area contributed by atoms with Crippen LogP contribution in [-0.2, 0) is 22.7 Å².